The van der Waals surface area contributed by atoms with Crippen molar-refractivity contribution in [3.8, 4) is 0 Å². The minimum atomic E-state index is -3.58. The molecule has 0 bridgehead atoms. The second-order valence-electron chi connectivity index (χ2n) is 11.1. The fraction of sp³-hybridized carbons (Fsp3) is 0.586. The van der Waals surface area contributed by atoms with E-state index in [1.807, 2.05) is 88.4 Å². The highest BCUT2D eigenvalue weighted by Crippen LogP contribution is 2.46. The van der Waals surface area contributed by atoms with Crippen molar-refractivity contribution in [2.75, 3.05) is 13.2 Å². The van der Waals surface area contributed by atoms with Crippen LogP contribution < -0.4 is 5.09 Å². The topological polar surface area (TPSA) is 93.7 Å². The van der Waals surface area contributed by atoms with Crippen LogP contribution in [-0.2, 0) is 50.5 Å². The lowest BCUT2D eigenvalue weighted by atomic mass is 10.0. The van der Waals surface area contributed by atoms with Crippen LogP contribution in [0.1, 0.15) is 51.7 Å². The number of hydrogen-bond donors (Lipinski definition) is 1. The van der Waals surface area contributed by atoms with E-state index in [2.05, 4.69) is 5.09 Å². The second-order valence-corrected chi connectivity index (χ2v) is 13.0. The van der Waals surface area contributed by atoms with Crippen molar-refractivity contribution in [1.82, 2.24) is 5.09 Å². The standard InChI is InChI=1S/C29H40NO8P/c1-28(2)32-20-24(36-28)25-27-26(37-29(3,4)38-27)23(35-25)16-11-17-30-39(31,33-18-21-12-7-5-8-13-21)34-19-22-14-9-6-10-15-22/h5-10,12-15,23-27H,11,16-20H2,1-4H3,(H,30,31)/t23-,24-,25-,26-,27+/m1/s1. The lowest BCUT2D eigenvalue weighted by molar-refractivity contribution is -0.206. The lowest BCUT2D eigenvalue weighted by Gasteiger charge is -2.27. The van der Waals surface area contributed by atoms with Gasteiger partial charge in [-0.1, -0.05) is 60.7 Å². The average Bonchev–Trinajstić information content (AvgIpc) is 3.55. The van der Waals surface area contributed by atoms with Gasteiger partial charge in [-0.25, -0.2) is 9.65 Å². The summed E-state index contributed by atoms with van der Waals surface area (Å²) in [7, 11) is -3.58. The Labute approximate surface area is 231 Å². The van der Waals surface area contributed by atoms with Crippen molar-refractivity contribution in [3.05, 3.63) is 71.8 Å². The molecule has 3 fully saturated rings. The molecule has 5 rings (SSSR count). The van der Waals surface area contributed by atoms with E-state index in [4.69, 9.17) is 32.7 Å². The monoisotopic (exact) mass is 561 g/mol. The van der Waals surface area contributed by atoms with Gasteiger partial charge >= 0.3 is 7.75 Å². The van der Waals surface area contributed by atoms with Gasteiger partial charge in [0.15, 0.2) is 11.6 Å². The molecule has 2 aromatic rings. The van der Waals surface area contributed by atoms with Gasteiger partial charge in [0.1, 0.15) is 24.4 Å². The molecule has 3 heterocycles. The molecule has 9 nitrogen and oxygen atoms in total. The van der Waals surface area contributed by atoms with Crippen LogP contribution in [0.25, 0.3) is 0 Å². The van der Waals surface area contributed by atoms with Crippen molar-refractivity contribution < 1.29 is 37.3 Å². The van der Waals surface area contributed by atoms with E-state index in [1.54, 1.807) is 0 Å². The van der Waals surface area contributed by atoms with E-state index >= 15 is 0 Å². The summed E-state index contributed by atoms with van der Waals surface area (Å²) in [5.41, 5.74) is 1.84. The van der Waals surface area contributed by atoms with Gasteiger partial charge in [-0.3, -0.25) is 9.05 Å². The molecule has 2 aromatic carbocycles. The molecule has 0 aliphatic carbocycles. The van der Waals surface area contributed by atoms with Gasteiger partial charge in [-0.2, -0.15) is 0 Å². The molecular weight excluding hydrogens is 521 g/mol. The minimum Gasteiger partial charge on any atom is -0.367 e. The molecule has 3 saturated heterocycles. The van der Waals surface area contributed by atoms with Crippen molar-refractivity contribution in [2.24, 2.45) is 0 Å². The summed E-state index contributed by atoms with van der Waals surface area (Å²) >= 11 is 0. The number of hydrogen-bond acceptors (Lipinski definition) is 8. The summed E-state index contributed by atoms with van der Waals surface area (Å²) in [6, 6.07) is 19.3. The maximum absolute atomic E-state index is 13.6. The minimum absolute atomic E-state index is 0.178. The van der Waals surface area contributed by atoms with Crippen LogP contribution >= 0.6 is 7.75 Å². The van der Waals surface area contributed by atoms with Crippen molar-refractivity contribution >= 4 is 7.75 Å². The predicted molar refractivity (Wildman–Crippen MR) is 145 cm³/mol. The summed E-state index contributed by atoms with van der Waals surface area (Å²) < 4.78 is 56.1. The van der Waals surface area contributed by atoms with E-state index in [0.717, 1.165) is 11.1 Å². The zero-order chi connectivity index (χ0) is 27.5. The highest BCUT2D eigenvalue weighted by molar-refractivity contribution is 7.51. The first-order chi connectivity index (χ1) is 18.6. The van der Waals surface area contributed by atoms with Crippen molar-refractivity contribution in [2.45, 2.75) is 95.8 Å². The molecule has 0 aromatic heterocycles. The molecule has 0 radical (unpaired) electrons. The van der Waals surface area contributed by atoms with Gasteiger partial charge in [-0.05, 0) is 51.7 Å². The molecule has 0 amide bonds. The molecule has 0 saturated carbocycles. The van der Waals surface area contributed by atoms with Gasteiger partial charge in [0.25, 0.3) is 0 Å². The van der Waals surface area contributed by atoms with E-state index in [0.29, 0.717) is 26.0 Å². The molecule has 0 spiro atoms. The Morgan fingerprint density at radius 3 is 1.97 bits per heavy atom. The normalized spacial score (nSPS) is 29.5. The van der Waals surface area contributed by atoms with Gasteiger partial charge in [0, 0.05) is 6.54 Å². The molecule has 10 heteroatoms. The molecule has 39 heavy (non-hydrogen) atoms. The summed E-state index contributed by atoms with van der Waals surface area (Å²) in [5.74, 6) is -1.35. The van der Waals surface area contributed by atoms with E-state index in [1.165, 1.54) is 0 Å². The Morgan fingerprint density at radius 2 is 1.41 bits per heavy atom. The Kier molecular flexibility index (Phi) is 8.93. The summed E-state index contributed by atoms with van der Waals surface area (Å²) in [6.45, 7) is 8.85. The third kappa shape index (κ3) is 7.55. The number of fused-ring (bicyclic) bond motifs is 1. The summed E-state index contributed by atoms with van der Waals surface area (Å²) in [4.78, 5) is 0. The zero-order valence-corrected chi connectivity index (χ0v) is 24.0. The van der Waals surface area contributed by atoms with Crippen molar-refractivity contribution in [1.29, 1.82) is 0 Å². The number of ether oxygens (including phenoxy) is 5. The van der Waals surface area contributed by atoms with Crippen LogP contribution in [0, 0.1) is 0 Å². The molecule has 1 N–H and O–H groups in total. The molecular formula is C29H40NO8P. The van der Waals surface area contributed by atoms with Crippen LogP contribution in [0.2, 0.25) is 0 Å². The number of nitrogens with one attached hydrogen (secondary N) is 1. The second kappa shape index (κ2) is 12.1. The molecule has 3 aliphatic rings. The lowest BCUT2D eigenvalue weighted by Crippen LogP contribution is -2.40. The number of benzene rings is 2. The maximum Gasteiger partial charge on any atom is 0.406 e. The Bertz CT molecular complexity index is 1070. The fourth-order valence-corrected chi connectivity index (χ4v) is 6.57. The van der Waals surface area contributed by atoms with Gasteiger partial charge in [0.2, 0.25) is 0 Å². The van der Waals surface area contributed by atoms with Crippen LogP contribution in [0.15, 0.2) is 60.7 Å². The average molecular weight is 562 g/mol. The van der Waals surface area contributed by atoms with Crippen LogP contribution in [0.3, 0.4) is 0 Å². The molecule has 5 atom stereocenters. The Hall–Kier alpha value is -1.65. The fourth-order valence-electron chi connectivity index (χ4n) is 5.24. The van der Waals surface area contributed by atoms with E-state index < -0.39 is 19.3 Å². The van der Waals surface area contributed by atoms with Gasteiger partial charge < -0.3 is 23.7 Å². The molecule has 0 unspecified atom stereocenters. The SMILES string of the molecule is CC1(C)O[C@@H]2[C@H](O1)[C@@H](CCCNP(=O)(OCc1ccccc1)OCc1ccccc1)O[C@@H]2[C@H]1COC(C)(C)O1. The highest BCUT2D eigenvalue weighted by atomic mass is 31.2. The zero-order valence-electron chi connectivity index (χ0n) is 23.1. The molecule has 214 valence electrons. The smallest absolute Gasteiger partial charge is 0.367 e. The molecule has 3 aliphatic heterocycles. The van der Waals surface area contributed by atoms with Crippen molar-refractivity contribution in [3.63, 3.8) is 0 Å². The highest BCUT2D eigenvalue weighted by Gasteiger charge is 2.58. The Morgan fingerprint density at radius 1 is 0.821 bits per heavy atom. The van der Waals surface area contributed by atoms with E-state index in [9.17, 15) is 4.57 Å². The van der Waals surface area contributed by atoms with E-state index in [-0.39, 0.29) is 43.7 Å². The first-order valence-electron chi connectivity index (χ1n) is 13.7. The first-order valence-corrected chi connectivity index (χ1v) is 15.2. The first kappa shape index (κ1) is 28.9. The Balaban J connectivity index is 1.17. The third-order valence-corrected chi connectivity index (χ3v) is 8.59. The van der Waals surface area contributed by atoms with Crippen LogP contribution in [0.4, 0.5) is 0 Å². The van der Waals surface area contributed by atoms with Gasteiger partial charge in [0.05, 0.1) is 25.9 Å². The summed E-state index contributed by atoms with van der Waals surface area (Å²) in [6.07, 6.45) is 0.189. The quantitative estimate of drug-likeness (QED) is 0.272. The van der Waals surface area contributed by atoms with Gasteiger partial charge in [-0.15, -0.1) is 0 Å². The number of rotatable bonds is 12. The largest absolute Gasteiger partial charge is 0.406 e. The summed E-state index contributed by atoms with van der Waals surface area (Å²) in [5, 5.41) is 3.05. The third-order valence-electron chi connectivity index (χ3n) is 7.04. The predicted octanol–water partition coefficient (Wildman–Crippen LogP) is 5.34. The van der Waals surface area contributed by atoms with Crippen LogP contribution in [-0.4, -0.2) is 55.2 Å². The maximum atomic E-state index is 13.6. The van der Waals surface area contributed by atoms with Crippen LogP contribution in [0.5, 0.6) is 0 Å².